The molecule has 3 heterocycles. The third kappa shape index (κ3) is 3.64. The van der Waals surface area contributed by atoms with Crippen LogP contribution in [0.1, 0.15) is 34.8 Å². The first-order chi connectivity index (χ1) is 11.1. The predicted octanol–water partition coefficient (Wildman–Crippen LogP) is 2.04. The Morgan fingerprint density at radius 3 is 2.96 bits per heavy atom. The first-order valence-corrected chi connectivity index (χ1v) is 7.78. The Balaban J connectivity index is 1.63. The first-order valence-electron chi connectivity index (χ1n) is 7.78. The number of carbonyl (C=O) groups is 2. The van der Waals surface area contributed by atoms with Crippen LogP contribution in [0, 0.1) is 12.8 Å². The smallest absolute Gasteiger partial charge is 0.230 e. The molecule has 1 atom stereocenters. The van der Waals surface area contributed by atoms with Gasteiger partial charge in [0.05, 0.1) is 12.1 Å². The molecule has 1 amide bonds. The van der Waals surface area contributed by atoms with Gasteiger partial charge in [-0.1, -0.05) is 11.2 Å². The highest BCUT2D eigenvalue weighted by Gasteiger charge is 2.29. The van der Waals surface area contributed by atoms with Crippen LogP contribution in [0.5, 0.6) is 0 Å². The van der Waals surface area contributed by atoms with Gasteiger partial charge >= 0.3 is 0 Å². The second-order valence-corrected chi connectivity index (χ2v) is 5.87. The minimum absolute atomic E-state index is 0.0126. The SMILES string of the molecule is Cc1cc(CC(=O)N2CCC[C@H](C(=O)c3ccccn3)C2)on1. The summed E-state index contributed by atoms with van der Waals surface area (Å²) in [6.45, 7) is 2.94. The zero-order valence-electron chi connectivity index (χ0n) is 13.1. The van der Waals surface area contributed by atoms with Crippen molar-refractivity contribution in [2.75, 3.05) is 13.1 Å². The summed E-state index contributed by atoms with van der Waals surface area (Å²) in [5.41, 5.74) is 1.23. The van der Waals surface area contributed by atoms with E-state index in [0.717, 1.165) is 18.5 Å². The van der Waals surface area contributed by atoms with Crippen molar-refractivity contribution in [3.8, 4) is 0 Å². The lowest BCUT2D eigenvalue weighted by Crippen LogP contribution is -2.43. The molecule has 1 fully saturated rings. The maximum atomic E-state index is 12.5. The van der Waals surface area contributed by atoms with Gasteiger partial charge in [0.25, 0.3) is 0 Å². The zero-order valence-corrected chi connectivity index (χ0v) is 13.1. The highest BCUT2D eigenvalue weighted by Crippen LogP contribution is 2.21. The van der Waals surface area contributed by atoms with Crippen molar-refractivity contribution < 1.29 is 14.1 Å². The molecule has 0 aliphatic carbocycles. The van der Waals surface area contributed by atoms with Gasteiger partial charge in [0.2, 0.25) is 5.91 Å². The summed E-state index contributed by atoms with van der Waals surface area (Å²) in [6, 6.07) is 7.07. The molecule has 1 aliphatic rings. The molecule has 1 aliphatic heterocycles. The van der Waals surface area contributed by atoms with Gasteiger partial charge in [-0.15, -0.1) is 0 Å². The van der Waals surface area contributed by atoms with E-state index in [1.807, 2.05) is 6.92 Å². The largest absolute Gasteiger partial charge is 0.361 e. The van der Waals surface area contributed by atoms with E-state index in [1.165, 1.54) is 0 Å². The average Bonchev–Trinajstić information content (AvgIpc) is 3.00. The molecule has 120 valence electrons. The lowest BCUT2D eigenvalue weighted by atomic mass is 9.91. The first kappa shape index (κ1) is 15.4. The van der Waals surface area contributed by atoms with Crippen molar-refractivity contribution >= 4 is 11.7 Å². The summed E-state index contributed by atoms with van der Waals surface area (Å²) in [5, 5.41) is 3.79. The van der Waals surface area contributed by atoms with E-state index in [2.05, 4.69) is 10.1 Å². The van der Waals surface area contributed by atoms with Crippen molar-refractivity contribution in [2.45, 2.75) is 26.2 Å². The second-order valence-electron chi connectivity index (χ2n) is 5.87. The van der Waals surface area contributed by atoms with Gasteiger partial charge in [-0.2, -0.15) is 0 Å². The summed E-state index contributed by atoms with van der Waals surface area (Å²) in [5.74, 6) is 0.364. The molecule has 3 rings (SSSR count). The number of likely N-dealkylation sites (tertiary alicyclic amines) is 1. The van der Waals surface area contributed by atoms with Gasteiger partial charge in [0, 0.05) is 31.3 Å². The maximum Gasteiger partial charge on any atom is 0.230 e. The van der Waals surface area contributed by atoms with E-state index >= 15 is 0 Å². The Labute approximate surface area is 134 Å². The lowest BCUT2D eigenvalue weighted by molar-refractivity contribution is -0.132. The Morgan fingerprint density at radius 1 is 1.39 bits per heavy atom. The molecular weight excluding hydrogens is 294 g/mol. The summed E-state index contributed by atoms with van der Waals surface area (Å²) in [4.78, 5) is 30.8. The number of ketones is 1. The van der Waals surface area contributed by atoms with Crippen molar-refractivity contribution in [1.29, 1.82) is 0 Å². The summed E-state index contributed by atoms with van der Waals surface area (Å²) >= 11 is 0. The number of aryl methyl sites for hydroxylation is 1. The molecule has 0 unspecified atom stereocenters. The third-order valence-electron chi connectivity index (χ3n) is 4.06. The molecule has 0 radical (unpaired) electrons. The van der Waals surface area contributed by atoms with Crippen molar-refractivity contribution in [1.82, 2.24) is 15.0 Å². The minimum atomic E-state index is -0.181. The number of piperidine rings is 1. The van der Waals surface area contributed by atoms with E-state index in [-0.39, 0.29) is 24.0 Å². The average molecular weight is 313 g/mol. The molecule has 0 bridgehead atoms. The van der Waals surface area contributed by atoms with E-state index < -0.39 is 0 Å². The number of rotatable bonds is 4. The standard InChI is InChI=1S/C17H19N3O3/c1-12-9-14(23-19-12)10-16(21)20-8-4-5-13(11-20)17(22)15-6-2-3-7-18-15/h2-3,6-7,9,13H,4-5,8,10-11H2,1H3/t13-/m0/s1. The Kier molecular flexibility index (Phi) is 4.50. The van der Waals surface area contributed by atoms with Crippen molar-refractivity contribution in [3.63, 3.8) is 0 Å². The number of carbonyl (C=O) groups excluding carboxylic acids is 2. The topological polar surface area (TPSA) is 76.3 Å². The minimum Gasteiger partial charge on any atom is -0.361 e. The number of amides is 1. The van der Waals surface area contributed by atoms with Crippen LogP contribution in [0.2, 0.25) is 0 Å². The van der Waals surface area contributed by atoms with Gasteiger partial charge in [-0.25, -0.2) is 0 Å². The molecule has 0 aromatic carbocycles. The molecule has 23 heavy (non-hydrogen) atoms. The van der Waals surface area contributed by atoms with Crippen LogP contribution in [-0.2, 0) is 11.2 Å². The molecule has 1 saturated heterocycles. The number of Topliss-reactive ketones (excluding diaryl/α,β-unsaturated/α-hetero) is 1. The van der Waals surface area contributed by atoms with Crippen LogP contribution < -0.4 is 0 Å². The third-order valence-corrected chi connectivity index (χ3v) is 4.06. The van der Waals surface area contributed by atoms with E-state index in [9.17, 15) is 9.59 Å². The Bertz CT molecular complexity index is 696. The van der Waals surface area contributed by atoms with Crippen molar-refractivity contribution in [3.05, 3.63) is 47.6 Å². The Hall–Kier alpha value is -2.50. The summed E-state index contributed by atoms with van der Waals surface area (Å²) in [7, 11) is 0. The predicted molar refractivity (Wildman–Crippen MR) is 82.8 cm³/mol. The highest BCUT2D eigenvalue weighted by molar-refractivity contribution is 5.96. The van der Waals surface area contributed by atoms with E-state index in [1.54, 1.807) is 35.4 Å². The molecule has 2 aromatic heterocycles. The summed E-state index contributed by atoms with van der Waals surface area (Å²) in [6.07, 6.45) is 3.42. The fraction of sp³-hybridized carbons (Fsp3) is 0.412. The van der Waals surface area contributed by atoms with Gasteiger partial charge in [0.1, 0.15) is 11.5 Å². The monoisotopic (exact) mass is 313 g/mol. The molecule has 6 nitrogen and oxygen atoms in total. The van der Waals surface area contributed by atoms with Crippen LogP contribution in [0.15, 0.2) is 35.0 Å². The molecular formula is C17H19N3O3. The quantitative estimate of drug-likeness (QED) is 0.807. The van der Waals surface area contributed by atoms with Gasteiger partial charge in [-0.05, 0) is 31.9 Å². The maximum absolute atomic E-state index is 12.5. The number of pyridine rings is 1. The molecule has 0 saturated carbocycles. The fourth-order valence-electron chi connectivity index (χ4n) is 2.90. The Morgan fingerprint density at radius 2 is 2.26 bits per heavy atom. The fourth-order valence-corrected chi connectivity index (χ4v) is 2.90. The van der Waals surface area contributed by atoms with Gasteiger partial charge in [0.15, 0.2) is 5.78 Å². The van der Waals surface area contributed by atoms with Crippen molar-refractivity contribution in [2.24, 2.45) is 5.92 Å². The number of hydrogen-bond acceptors (Lipinski definition) is 5. The molecule has 0 N–H and O–H groups in total. The number of hydrogen-bond donors (Lipinski definition) is 0. The van der Waals surface area contributed by atoms with Crippen LogP contribution in [-0.4, -0.2) is 39.8 Å². The lowest BCUT2D eigenvalue weighted by Gasteiger charge is -2.31. The van der Waals surface area contributed by atoms with Gasteiger partial charge in [-0.3, -0.25) is 14.6 Å². The highest BCUT2D eigenvalue weighted by atomic mass is 16.5. The van der Waals surface area contributed by atoms with Gasteiger partial charge < -0.3 is 9.42 Å². The number of aromatic nitrogens is 2. The van der Waals surface area contributed by atoms with E-state index in [4.69, 9.17) is 4.52 Å². The van der Waals surface area contributed by atoms with E-state index in [0.29, 0.717) is 24.5 Å². The number of nitrogens with zero attached hydrogens (tertiary/aromatic N) is 3. The zero-order chi connectivity index (χ0) is 16.2. The second kappa shape index (κ2) is 6.73. The molecule has 6 heteroatoms. The normalized spacial score (nSPS) is 18.0. The van der Waals surface area contributed by atoms with Crippen LogP contribution >= 0.6 is 0 Å². The molecule has 2 aromatic rings. The van der Waals surface area contributed by atoms with Crippen LogP contribution in [0.4, 0.5) is 0 Å². The molecule has 0 spiro atoms. The summed E-state index contributed by atoms with van der Waals surface area (Å²) < 4.78 is 5.09. The van der Waals surface area contributed by atoms with Crippen LogP contribution in [0.25, 0.3) is 0 Å². The van der Waals surface area contributed by atoms with Crippen LogP contribution in [0.3, 0.4) is 0 Å².